The summed E-state index contributed by atoms with van der Waals surface area (Å²) in [6, 6.07) is 16.5. The Morgan fingerprint density at radius 2 is 1.92 bits per heavy atom. The minimum Gasteiger partial charge on any atom is -0.497 e. The molecule has 3 N–H and O–H groups in total. The summed E-state index contributed by atoms with van der Waals surface area (Å²) in [6.07, 6.45) is 2.09. The molecule has 1 aromatic heterocycles. The van der Waals surface area contributed by atoms with Crippen LogP contribution in [0.4, 0.5) is 0 Å². The quantitative estimate of drug-likeness (QED) is 0.624. The maximum Gasteiger partial charge on any atom is 0.166 e. The lowest BCUT2D eigenvalue weighted by atomic mass is 9.91. The lowest BCUT2D eigenvalue weighted by molar-refractivity contribution is 0.414. The van der Waals surface area contributed by atoms with E-state index in [9.17, 15) is 0 Å². The Morgan fingerprint density at radius 3 is 2.62 bits per heavy atom. The van der Waals surface area contributed by atoms with E-state index in [1.54, 1.807) is 7.11 Å². The number of ether oxygens (including phenoxy) is 1. The van der Waals surface area contributed by atoms with Crippen molar-refractivity contribution in [1.29, 1.82) is 0 Å². The molecule has 3 rings (SSSR count). The van der Waals surface area contributed by atoms with Crippen LogP contribution in [-0.4, -0.2) is 30.8 Å². The third kappa shape index (κ3) is 3.36. The molecule has 124 valence electrons. The summed E-state index contributed by atoms with van der Waals surface area (Å²) in [6.45, 7) is 0.716. The van der Waals surface area contributed by atoms with E-state index in [1.807, 2.05) is 25.2 Å². The van der Waals surface area contributed by atoms with Crippen molar-refractivity contribution in [3.05, 3.63) is 65.9 Å². The highest BCUT2D eigenvalue weighted by molar-refractivity contribution is 7.80. The van der Waals surface area contributed by atoms with E-state index in [1.165, 1.54) is 16.5 Å². The second-order valence-electron chi connectivity index (χ2n) is 5.58. The van der Waals surface area contributed by atoms with E-state index in [2.05, 4.69) is 52.1 Å². The van der Waals surface area contributed by atoms with Crippen molar-refractivity contribution >= 4 is 28.2 Å². The molecule has 3 aromatic rings. The molecule has 0 unspecified atom stereocenters. The van der Waals surface area contributed by atoms with Gasteiger partial charge in [0.25, 0.3) is 0 Å². The number of thiocarbonyl (C=S) groups is 1. The first-order valence-electron chi connectivity index (χ1n) is 7.88. The molecule has 24 heavy (non-hydrogen) atoms. The van der Waals surface area contributed by atoms with Crippen molar-refractivity contribution in [3.63, 3.8) is 0 Å². The Hall–Kier alpha value is -2.53. The SMILES string of the molecule is CNC(=S)NC[C@H](c1ccc(OC)cc1)c1c[nH]c2ccccc12. The Balaban J connectivity index is 1.98. The molecule has 2 aromatic carbocycles. The molecular weight excluding hydrogens is 318 g/mol. The van der Waals surface area contributed by atoms with Crippen LogP contribution in [0.5, 0.6) is 5.75 Å². The minimum absolute atomic E-state index is 0.179. The predicted octanol–water partition coefficient (Wildman–Crippen LogP) is 3.40. The molecule has 1 heterocycles. The van der Waals surface area contributed by atoms with Gasteiger partial charge in [-0.05, 0) is 41.5 Å². The van der Waals surface area contributed by atoms with Crippen LogP contribution in [0.1, 0.15) is 17.0 Å². The first-order chi connectivity index (χ1) is 11.7. The highest BCUT2D eigenvalue weighted by Gasteiger charge is 2.18. The molecular formula is C19H21N3OS. The minimum atomic E-state index is 0.179. The average Bonchev–Trinajstić information content (AvgIpc) is 3.06. The maximum absolute atomic E-state index is 5.27. The normalized spacial score (nSPS) is 11.9. The zero-order chi connectivity index (χ0) is 16.9. The molecule has 0 radical (unpaired) electrons. The Kier molecular flexibility index (Phi) is 5.01. The number of fused-ring (bicyclic) bond motifs is 1. The van der Waals surface area contributed by atoms with E-state index in [0.717, 1.165) is 11.3 Å². The number of methoxy groups -OCH3 is 1. The molecule has 0 aliphatic carbocycles. The van der Waals surface area contributed by atoms with Gasteiger partial charge >= 0.3 is 0 Å². The largest absolute Gasteiger partial charge is 0.497 e. The monoisotopic (exact) mass is 339 g/mol. The second-order valence-corrected chi connectivity index (χ2v) is 5.98. The zero-order valence-corrected chi connectivity index (χ0v) is 14.6. The fourth-order valence-electron chi connectivity index (χ4n) is 2.91. The van der Waals surface area contributed by atoms with Gasteiger partial charge in [-0.15, -0.1) is 0 Å². The zero-order valence-electron chi connectivity index (χ0n) is 13.8. The summed E-state index contributed by atoms with van der Waals surface area (Å²) < 4.78 is 5.27. The third-order valence-corrected chi connectivity index (χ3v) is 4.56. The van der Waals surface area contributed by atoms with Crippen LogP contribution in [0.2, 0.25) is 0 Å². The smallest absolute Gasteiger partial charge is 0.166 e. The van der Waals surface area contributed by atoms with Crippen molar-refractivity contribution in [3.8, 4) is 5.75 Å². The van der Waals surface area contributed by atoms with Crippen LogP contribution >= 0.6 is 12.2 Å². The van der Waals surface area contributed by atoms with Gasteiger partial charge in [0.2, 0.25) is 0 Å². The van der Waals surface area contributed by atoms with Gasteiger partial charge < -0.3 is 20.4 Å². The van der Waals surface area contributed by atoms with Gasteiger partial charge in [0.05, 0.1) is 7.11 Å². The lowest BCUT2D eigenvalue weighted by Gasteiger charge is -2.19. The van der Waals surface area contributed by atoms with Gasteiger partial charge in [0.1, 0.15) is 5.75 Å². The topological polar surface area (TPSA) is 49.1 Å². The number of hydrogen-bond donors (Lipinski definition) is 3. The van der Waals surface area contributed by atoms with Crippen molar-refractivity contribution in [1.82, 2.24) is 15.6 Å². The number of hydrogen-bond acceptors (Lipinski definition) is 2. The van der Waals surface area contributed by atoms with Crippen LogP contribution in [0.15, 0.2) is 54.7 Å². The van der Waals surface area contributed by atoms with Gasteiger partial charge in [0, 0.05) is 36.6 Å². The summed E-state index contributed by atoms with van der Waals surface area (Å²) >= 11 is 5.24. The van der Waals surface area contributed by atoms with Crippen molar-refractivity contribution < 1.29 is 4.74 Å². The maximum atomic E-state index is 5.27. The molecule has 0 saturated carbocycles. The molecule has 0 spiro atoms. The van der Waals surface area contributed by atoms with Crippen LogP contribution in [0.25, 0.3) is 10.9 Å². The van der Waals surface area contributed by atoms with Gasteiger partial charge in [0.15, 0.2) is 5.11 Å². The van der Waals surface area contributed by atoms with Gasteiger partial charge in [-0.25, -0.2) is 0 Å². The molecule has 0 fully saturated rings. The highest BCUT2D eigenvalue weighted by Crippen LogP contribution is 2.31. The number of nitrogens with one attached hydrogen (secondary N) is 3. The number of H-pyrrole nitrogens is 1. The van der Waals surface area contributed by atoms with Crippen LogP contribution in [0.3, 0.4) is 0 Å². The number of rotatable bonds is 5. The third-order valence-electron chi connectivity index (χ3n) is 4.21. The van der Waals surface area contributed by atoms with Crippen molar-refractivity contribution in [2.75, 3.05) is 20.7 Å². The van der Waals surface area contributed by atoms with E-state index < -0.39 is 0 Å². The molecule has 4 nitrogen and oxygen atoms in total. The fourth-order valence-corrected chi connectivity index (χ4v) is 2.99. The van der Waals surface area contributed by atoms with E-state index in [-0.39, 0.29) is 5.92 Å². The summed E-state index contributed by atoms with van der Waals surface area (Å²) in [5.41, 5.74) is 3.61. The van der Waals surface area contributed by atoms with Crippen LogP contribution < -0.4 is 15.4 Å². The Morgan fingerprint density at radius 1 is 1.17 bits per heavy atom. The summed E-state index contributed by atoms with van der Waals surface area (Å²) in [4.78, 5) is 3.36. The average molecular weight is 339 g/mol. The lowest BCUT2D eigenvalue weighted by Crippen LogP contribution is -2.35. The molecule has 0 bridgehead atoms. The van der Waals surface area contributed by atoms with E-state index in [4.69, 9.17) is 17.0 Å². The molecule has 0 aliphatic rings. The van der Waals surface area contributed by atoms with Crippen LogP contribution in [0, 0.1) is 0 Å². The standard InChI is InChI=1S/C19H21N3OS/c1-20-19(24)22-11-16(13-7-9-14(23-2)10-8-13)17-12-21-18-6-4-3-5-15(17)18/h3-10,12,16,21H,11H2,1-2H3,(H2,20,22,24)/t16-/m1/s1. The molecule has 0 saturated heterocycles. The van der Waals surface area contributed by atoms with Gasteiger partial charge in [-0.3, -0.25) is 0 Å². The van der Waals surface area contributed by atoms with Gasteiger partial charge in [-0.1, -0.05) is 30.3 Å². The first-order valence-corrected chi connectivity index (χ1v) is 8.29. The molecule has 0 amide bonds. The van der Waals surface area contributed by atoms with Gasteiger partial charge in [-0.2, -0.15) is 0 Å². The van der Waals surface area contributed by atoms with Crippen LogP contribution in [-0.2, 0) is 0 Å². The first kappa shape index (κ1) is 16.3. The second kappa shape index (κ2) is 7.36. The Labute approximate surface area is 147 Å². The van der Waals surface area contributed by atoms with Crippen molar-refractivity contribution in [2.24, 2.45) is 0 Å². The number of para-hydroxylation sites is 1. The molecule has 1 atom stereocenters. The van der Waals surface area contributed by atoms with E-state index in [0.29, 0.717) is 11.7 Å². The fraction of sp³-hybridized carbons (Fsp3) is 0.211. The number of aromatic nitrogens is 1. The summed E-state index contributed by atoms with van der Waals surface area (Å²) in [5, 5.41) is 8.13. The van der Waals surface area contributed by atoms with E-state index >= 15 is 0 Å². The highest BCUT2D eigenvalue weighted by atomic mass is 32.1. The predicted molar refractivity (Wildman–Crippen MR) is 103 cm³/mol. The molecule has 0 aliphatic heterocycles. The molecule has 5 heteroatoms. The number of aromatic amines is 1. The van der Waals surface area contributed by atoms with Crippen molar-refractivity contribution in [2.45, 2.75) is 5.92 Å². The summed E-state index contributed by atoms with van der Waals surface area (Å²) in [5.74, 6) is 1.04. The summed E-state index contributed by atoms with van der Waals surface area (Å²) in [7, 11) is 3.50. The Bertz CT molecular complexity index is 826. The number of benzene rings is 2.